The number of aromatic nitrogens is 1. The number of aliphatic imine (C=N–C) groups is 2. The molecule has 0 amide bonds. The van der Waals surface area contributed by atoms with Crippen LogP contribution < -0.4 is 5.32 Å². The first-order valence-corrected chi connectivity index (χ1v) is 21.2. The Hall–Kier alpha value is -7.60. The molecule has 0 saturated heterocycles. The molecule has 4 nitrogen and oxygen atoms in total. The van der Waals surface area contributed by atoms with Gasteiger partial charge in [-0.1, -0.05) is 164 Å². The van der Waals surface area contributed by atoms with Gasteiger partial charge in [-0.3, -0.25) is 0 Å². The highest BCUT2D eigenvalue weighted by molar-refractivity contribution is 7.25. The van der Waals surface area contributed by atoms with E-state index < -0.39 is 6.17 Å². The van der Waals surface area contributed by atoms with Crippen molar-refractivity contribution in [1.29, 1.82) is 0 Å². The molecule has 1 aliphatic rings. The molecule has 0 fully saturated rings. The summed E-state index contributed by atoms with van der Waals surface area (Å²) < 4.78 is 5.02. The third-order valence-electron chi connectivity index (χ3n) is 11.8. The molecule has 9 aromatic carbocycles. The lowest BCUT2D eigenvalue weighted by Crippen LogP contribution is -2.33. The molecule has 60 heavy (non-hydrogen) atoms. The Kier molecular flexibility index (Phi) is 8.06. The molecule has 12 rings (SSSR count). The zero-order valence-corrected chi connectivity index (χ0v) is 33.3. The Bertz CT molecular complexity index is 3510. The second kappa shape index (κ2) is 14.0. The van der Waals surface area contributed by atoms with Gasteiger partial charge >= 0.3 is 0 Å². The van der Waals surface area contributed by atoms with E-state index in [1.807, 2.05) is 23.5 Å². The number of rotatable bonds is 6. The van der Waals surface area contributed by atoms with E-state index in [1.165, 1.54) is 63.9 Å². The van der Waals surface area contributed by atoms with Crippen molar-refractivity contribution < 1.29 is 0 Å². The Balaban J connectivity index is 1.09. The monoisotopic (exact) mass is 784 g/mol. The predicted octanol–water partition coefficient (Wildman–Crippen LogP) is 14.1. The zero-order chi connectivity index (χ0) is 39.6. The van der Waals surface area contributed by atoms with Crippen LogP contribution in [0, 0.1) is 0 Å². The van der Waals surface area contributed by atoms with E-state index in [0.29, 0.717) is 5.84 Å². The molecule has 1 unspecified atom stereocenters. The number of fused-ring (bicyclic) bond motifs is 7. The average molecular weight is 785 g/mol. The largest absolute Gasteiger partial charge is 0.344 e. The van der Waals surface area contributed by atoms with Gasteiger partial charge in [-0.05, 0) is 75.5 Å². The van der Waals surface area contributed by atoms with E-state index in [1.54, 1.807) is 0 Å². The summed E-state index contributed by atoms with van der Waals surface area (Å²) in [5.74, 6) is 1.49. The third kappa shape index (κ3) is 5.74. The summed E-state index contributed by atoms with van der Waals surface area (Å²) in [6.45, 7) is 0. The van der Waals surface area contributed by atoms with Crippen molar-refractivity contribution in [3.63, 3.8) is 0 Å². The van der Waals surface area contributed by atoms with Crippen LogP contribution in [-0.2, 0) is 0 Å². The molecule has 0 saturated carbocycles. The van der Waals surface area contributed by atoms with Crippen LogP contribution in [0.25, 0.3) is 80.7 Å². The normalized spacial score (nSPS) is 14.2. The molecule has 1 atom stereocenters. The SMILES string of the molecule is c1ccc(C2=NC(c3ccc(-c4ccccc4)cc3)=NC(c3ccc(-n4c5ccccc5c5cc6ccccc6cc54)c(-c4cccc5sc6ccccc6c45)c3)N2)cc1. The lowest BCUT2D eigenvalue weighted by molar-refractivity contribution is 0.674. The van der Waals surface area contributed by atoms with Gasteiger partial charge in [-0.15, -0.1) is 11.3 Å². The fraction of sp³-hybridized carbons (Fsp3) is 0.0182. The number of thiophene rings is 1. The first-order valence-electron chi connectivity index (χ1n) is 20.3. The van der Waals surface area contributed by atoms with Crippen molar-refractivity contribution in [1.82, 2.24) is 9.88 Å². The van der Waals surface area contributed by atoms with Crippen molar-refractivity contribution in [2.24, 2.45) is 9.98 Å². The first kappa shape index (κ1) is 34.4. The predicted molar refractivity (Wildman–Crippen MR) is 254 cm³/mol. The van der Waals surface area contributed by atoms with E-state index in [9.17, 15) is 0 Å². The van der Waals surface area contributed by atoms with Crippen LogP contribution in [-0.4, -0.2) is 16.2 Å². The maximum Gasteiger partial charge on any atom is 0.159 e. The van der Waals surface area contributed by atoms with Gasteiger partial charge in [-0.2, -0.15) is 0 Å². The van der Waals surface area contributed by atoms with E-state index in [2.05, 4.69) is 204 Å². The summed E-state index contributed by atoms with van der Waals surface area (Å²) in [6.07, 6.45) is -0.394. The number of nitrogens with zero attached hydrogens (tertiary/aromatic N) is 3. The second-order valence-electron chi connectivity index (χ2n) is 15.4. The van der Waals surface area contributed by atoms with Gasteiger partial charge in [0.2, 0.25) is 0 Å². The van der Waals surface area contributed by atoms with Crippen LogP contribution in [0.3, 0.4) is 0 Å². The number of benzene rings is 9. The number of amidine groups is 2. The summed E-state index contributed by atoms with van der Waals surface area (Å²) in [7, 11) is 0. The lowest BCUT2D eigenvalue weighted by atomic mass is 9.95. The fourth-order valence-electron chi connectivity index (χ4n) is 8.98. The summed E-state index contributed by atoms with van der Waals surface area (Å²) in [4.78, 5) is 10.5. The van der Waals surface area contributed by atoms with Gasteiger partial charge in [0, 0.05) is 47.6 Å². The van der Waals surface area contributed by atoms with E-state index >= 15 is 0 Å². The summed E-state index contributed by atoms with van der Waals surface area (Å²) in [5, 5.41) is 11.2. The zero-order valence-electron chi connectivity index (χ0n) is 32.5. The maximum atomic E-state index is 5.38. The minimum Gasteiger partial charge on any atom is -0.344 e. The van der Waals surface area contributed by atoms with Gasteiger partial charge in [0.1, 0.15) is 12.0 Å². The molecular weight excluding hydrogens is 749 g/mol. The number of para-hydroxylation sites is 1. The Morgan fingerprint density at radius 2 is 1.10 bits per heavy atom. The van der Waals surface area contributed by atoms with Crippen LogP contribution >= 0.6 is 11.3 Å². The molecule has 5 heteroatoms. The van der Waals surface area contributed by atoms with Gasteiger partial charge < -0.3 is 9.88 Å². The number of hydrogen-bond donors (Lipinski definition) is 1. The fourth-order valence-corrected chi connectivity index (χ4v) is 10.1. The Morgan fingerprint density at radius 3 is 1.92 bits per heavy atom. The maximum absolute atomic E-state index is 5.38. The number of nitrogens with one attached hydrogen (secondary N) is 1. The van der Waals surface area contributed by atoms with Crippen molar-refractivity contribution in [3.05, 3.63) is 223 Å². The first-order chi connectivity index (χ1) is 29.7. The van der Waals surface area contributed by atoms with Crippen molar-refractivity contribution in [3.8, 4) is 27.9 Å². The molecule has 2 aromatic heterocycles. The smallest absolute Gasteiger partial charge is 0.159 e. The quantitative estimate of drug-likeness (QED) is 0.179. The second-order valence-corrected chi connectivity index (χ2v) is 16.5. The molecule has 1 aliphatic heterocycles. The Labute approximate surface area is 351 Å². The van der Waals surface area contributed by atoms with E-state index in [-0.39, 0.29) is 0 Å². The highest BCUT2D eigenvalue weighted by atomic mass is 32.1. The van der Waals surface area contributed by atoms with Crippen LogP contribution in [0.1, 0.15) is 22.9 Å². The topological polar surface area (TPSA) is 41.7 Å². The molecule has 11 aromatic rings. The molecule has 0 bridgehead atoms. The number of hydrogen-bond acceptors (Lipinski definition) is 4. The minimum atomic E-state index is -0.394. The molecule has 1 N–H and O–H groups in total. The molecule has 0 radical (unpaired) electrons. The molecule has 3 heterocycles. The third-order valence-corrected chi connectivity index (χ3v) is 13.0. The van der Waals surface area contributed by atoms with Crippen LogP contribution in [0.5, 0.6) is 0 Å². The minimum absolute atomic E-state index is 0.394. The van der Waals surface area contributed by atoms with Gasteiger partial charge in [-0.25, -0.2) is 9.98 Å². The highest BCUT2D eigenvalue weighted by Crippen LogP contribution is 2.44. The van der Waals surface area contributed by atoms with Crippen LogP contribution in [0.4, 0.5) is 0 Å². The summed E-state index contributed by atoms with van der Waals surface area (Å²) in [5.41, 5.74) is 11.2. The standard InChI is InChI=1S/C55H36N4S/c1-3-14-35(15-4-1)36-26-28-38(29-27-36)54-56-53(37-16-5-2-6-17-37)57-55(58-54)41-30-31-48(46(33-41)43-22-13-25-51-52(43)44-21-10-12-24-50(44)60-51)59-47-23-11-9-20-42(47)45-32-39-18-7-8-19-40(39)34-49(45)59/h1-34,55H,(H,56,57,58). The van der Waals surface area contributed by atoms with Crippen molar-refractivity contribution in [2.45, 2.75) is 6.17 Å². The van der Waals surface area contributed by atoms with E-state index in [0.717, 1.165) is 39.3 Å². The highest BCUT2D eigenvalue weighted by Gasteiger charge is 2.25. The van der Waals surface area contributed by atoms with Crippen LogP contribution in [0.2, 0.25) is 0 Å². The van der Waals surface area contributed by atoms with Gasteiger partial charge in [0.05, 0.1) is 16.7 Å². The molecule has 0 spiro atoms. The summed E-state index contributed by atoms with van der Waals surface area (Å²) >= 11 is 1.85. The van der Waals surface area contributed by atoms with Gasteiger partial charge in [0.15, 0.2) is 5.84 Å². The van der Waals surface area contributed by atoms with Crippen LogP contribution in [0.15, 0.2) is 216 Å². The summed E-state index contributed by atoms with van der Waals surface area (Å²) in [6, 6.07) is 74.1. The molecular formula is C55H36N4S. The molecule has 0 aliphatic carbocycles. The molecule has 282 valence electrons. The van der Waals surface area contributed by atoms with E-state index in [4.69, 9.17) is 9.98 Å². The van der Waals surface area contributed by atoms with Crippen molar-refractivity contribution >= 4 is 75.8 Å². The lowest BCUT2D eigenvalue weighted by Gasteiger charge is -2.25. The van der Waals surface area contributed by atoms with Gasteiger partial charge in [0.25, 0.3) is 0 Å². The average Bonchev–Trinajstić information content (AvgIpc) is 3.86. The Morgan fingerprint density at radius 1 is 0.450 bits per heavy atom. The van der Waals surface area contributed by atoms with Crippen molar-refractivity contribution in [2.75, 3.05) is 0 Å².